The summed E-state index contributed by atoms with van der Waals surface area (Å²) in [5.41, 5.74) is 6.31. The van der Waals surface area contributed by atoms with Gasteiger partial charge in [0, 0.05) is 28.2 Å². The lowest BCUT2D eigenvalue weighted by atomic mass is 9.87. The lowest BCUT2D eigenvalue weighted by Gasteiger charge is -2.31. The van der Waals surface area contributed by atoms with Crippen LogP contribution in [-0.2, 0) is 16.7 Å². The van der Waals surface area contributed by atoms with Crippen molar-refractivity contribution in [3.63, 3.8) is 0 Å². The Balaban J connectivity index is 1.30. The number of alkyl halides is 1. The average Bonchev–Trinajstić information content (AvgIpc) is 3.65. The average molecular weight is 639 g/mol. The molecule has 204 valence electrons. The minimum atomic E-state index is -1.04. The van der Waals surface area contributed by atoms with Crippen molar-refractivity contribution in [1.82, 2.24) is 39.2 Å². The largest absolute Gasteiger partial charge is 0.386 e. The molecule has 5 aromatic rings. The summed E-state index contributed by atoms with van der Waals surface area (Å²) in [6, 6.07) is 8.98. The highest BCUT2D eigenvalue weighted by Crippen LogP contribution is 2.39. The summed E-state index contributed by atoms with van der Waals surface area (Å²) in [5.74, 6) is 1.76. The van der Waals surface area contributed by atoms with Gasteiger partial charge in [0.2, 0.25) is 0 Å². The Kier molecular flexibility index (Phi) is 6.96. The van der Waals surface area contributed by atoms with Crippen LogP contribution in [0.1, 0.15) is 74.9 Å². The van der Waals surface area contributed by atoms with Crippen molar-refractivity contribution in [2.24, 2.45) is 0 Å². The second-order valence-electron chi connectivity index (χ2n) is 11.5. The Bertz CT molecular complexity index is 1620. The van der Waals surface area contributed by atoms with Crippen molar-refractivity contribution in [3.8, 4) is 11.3 Å². The second-order valence-corrected chi connectivity index (χ2v) is 12.2. The van der Waals surface area contributed by atoms with Gasteiger partial charge in [0.1, 0.15) is 12.7 Å². The summed E-state index contributed by atoms with van der Waals surface area (Å²) >= 11 is 2.30. The lowest BCUT2D eigenvalue weighted by Crippen LogP contribution is -2.32. The van der Waals surface area contributed by atoms with Gasteiger partial charge in [0.15, 0.2) is 11.5 Å². The number of aliphatic hydroxyl groups is 1. The number of benzene rings is 1. The molecule has 10 heteroatoms. The molecule has 1 aliphatic rings. The van der Waals surface area contributed by atoms with Crippen molar-refractivity contribution in [2.75, 3.05) is 13.1 Å². The van der Waals surface area contributed by atoms with Gasteiger partial charge in [-0.15, -0.1) is 0 Å². The third kappa shape index (κ3) is 5.09. The summed E-state index contributed by atoms with van der Waals surface area (Å²) in [7, 11) is 0. The molecule has 0 atom stereocenters. The molecular formula is C29H35IN8O. The number of halogens is 1. The zero-order chi connectivity index (χ0) is 27.3. The number of nitrogens with one attached hydrogen (secondary N) is 1. The van der Waals surface area contributed by atoms with E-state index in [9.17, 15) is 5.11 Å². The fourth-order valence-corrected chi connectivity index (χ4v) is 6.24. The standard InChI is InChI=1S/C29H35IN8O/c1-18(2)26-22-11-20(19-7-9-36(10-8-19)14-25-32-17-37(15-30)35-25)5-6-24(22)34-27(26)21-12-23(29(3,4)39)28-31-16-33-38(28)13-21/h5-6,11-13,16-19,34,39H,7-10,14-15H2,1-4H3. The molecule has 5 heterocycles. The highest BCUT2D eigenvalue weighted by Gasteiger charge is 2.26. The zero-order valence-corrected chi connectivity index (χ0v) is 25.1. The van der Waals surface area contributed by atoms with E-state index in [-0.39, 0.29) is 0 Å². The number of piperidine rings is 1. The maximum atomic E-state index is 10.9. The number of hydrogen-bond acceptors (Lipinski definition) is 6. The van der Waals surface area contributed by atoms with E-state index in [0.29, 0.717) is 17.5 Å². The quantitative estimate of drug-likeness (QED) is 0.178. The number of likely N-dealkylation sites (tertiary alicyclic amines) is 1. The number of hydrogen-bond donors (Lipinski definition) is 2. The lowest BCUT2D eigenvalue weighted by molar-refractivity contribution is 0.0796. The monoisotopic (exact) mass is 638 g/mol. The van der Waals surface area contributed by atoms with Crippen LogP contribution in [-0.4, -0.2) is 57.4 Å². The van der Waals surface area contributed by atoms with Crippen molar-refractivity contribution >= 4 is 39.1 Å². The van der Waals surface area contributed by atoms with Gasteiger partial charge in [-0.2, -0.15) is 10.2 Å². The highest BCUT2D eigenvalue weighted by atomic mass is 127. The molecule has 1 aliphatic heterocycles. The third-order valence-corrected chi connectivity index (χ3v) is 8.59. The number of aromatic amines is 1. The molecule has 1 aromatic carbocycles. The van der Waals surface area contributed by atoms with Gasteiger partial charge < -0.3 is 10.1 Å². The fraction of sp³-hybridized carbons (Fsp3) is 0.448. The Labute approximate surface area is 241 Å². The number of nitrogens with zero attached hydrogens (tertiary/aromatic N) is 7. The van der Waals surface area contributed by atoms with Crippen LogP contribution in [0.4, 0.5) is 0 Å². The van der Waals surface area contributed by atoms with Gasteiger partial charge in [0.05, 0.1) is 22.4 Å². The van der Waals surface area contributed by atoms with E-state index in [4.69, 9.17) is 0 Å². The maximum absolute atomic E-state index is 10.9. The molecule has 9 nitrogen and oxygen atoms in total. The number of pyridine rings is 1. The molecule has 2 N–H and O–H groups in total. The maximum Gasteiger partial charge on any atom is 0.164 e. The molecule has 4 aromatic heterocycles. The molecule has 1 fully saturated rings. The van der Waals surface area contributed by atoms with Crippen molar-refractivity contribution in [3.05, 3.63) is 65.6 Å². The predicted molar refractivity (Wildman–Crippen MR) is 161 cm³/mol. The molecule has 0 aliphatic carbocycles. The Morgan fingerprint density at radius 3 is 2.64 bits per heavy atom. The predicted octanol–water partition coefficient (Wildman–Crippen LogP) is 5.59. The van der Waals surface area contributed by atoms with Crippen molar-refractivity contribution < 1.29 is 5.11 Å². The highest BCUT2D eigenvalue weighted by molar-refractivity contribution is 14.1. The van der Waals surface area contributed by atoms with Crippen LogP contribution >= 0.6 is 22.6 Å². The van der Waals surface area contributed by atoms with Crippen LogP contribution < -0.4 is 0 Å². The van der Waals surface area contributed by atoms with Crippen LogP contribution in [0.25, 0.3) is 27.8 Å². The van der Waals surface area contributed by atoms with Crippen LogP contribution in [0.3, 0.4) is 0 Å². The van der Waals surface area contributed by atoms with Gasteiger partial charge in [0.25, 0.3) is 0 Å². The topological polar surface area (TPSA) is 100 Å². The van der Waals surface area contributed by atoms with Crippen LogP contribution in [0.5, 0.6) is 0 Å². The van der Waals surface area contributed by atoms with Crippen LogP contribution in [0.15, 0.2) is 43.1 Å². The minimum absolute atomic E-state index is 0.317. The van der Waals surface area contributed by atoms with Crippen molar-refractivity contribution in [1.29, 1.82) is 0 Å². The van der Waals surface area contributed by atoms with E-state index in [1.54, 1.807) is 18.4 Å². The summed E-state index contributed by atoms with van der Waals surface area (Å²) < 4.78 is 4.47. The number of fused-ring (bicyclic) bond motifs is 2. The van der Waals surface area contributed by atoms with Gasteiger partial charge in [-0.05, 0) is 80.9 Å². The SMILES string of the molecule is CC(C)c1c(-c2cc(C(C)(C)O)c3ncnn3c2)[nH]c2ccc(C3CCN(Cc4ncn(CI)n4)CC3)cc12. The smallest absolute Gasteiger partial charge is 0.164 e. The molecule has 0 radical (unpaired) electrons. The Hall–Kier alpha value is -2.83. The summed E-state index contributed by atoms with van der Waals surface area (Å²) in [5, 5.41) is 21.1. The Morgan fingerprint density at radius 2 is 1.95 bits per heavy atom. The van der Waals surface area contributed by atoms with E-state index < -0.39 is 5.60 Å². The van der Waals surface area contributed by atoms with Crippen LogP contribution in [0, 0.1) is 0 Å². The molecule has 0 spiro atoms. The number of aromatic nitrogens is 7. The first kappa shape index (κ1) is 26.4. The van der Waals surface area contributed by atoms with E-state index in [1.165, 1.54) is 22.8 Å². The van der Waals surface area contributed by atoms with Gasteiger partial charge >= 0.3 is 0 Å². The molecule has 1 saturated heterocycles. The normalized spacial score (nSPS) is 15.8. The van der Waals surface area contributed by atoms with Gasteiger partial charge in [-0.3, -0.25) is 4.90 Å². The second kappa shape index (κ2) is 10.3. The van der Waals surface area contributed by atoms with Gasteiger partial charge in [-0.1, -0.05) is 42.5 Å². The number of rotatable bonds is 7. The van der Waals surface area contributed by atoms with E-state index in [1.807, 2.05) is 17.2 Å². The summed E-state index contributed by atoms with van der Waals surface area (Å²) in [6.45, 7) is 11.0. The first-order chi connectivity index (χ1) is 18.7. The summed E-state index contributed by atoms with van der Waals surface area (Å²) in [4.78, 5) is 15.0. The van der Waals surface area contributed by atoms with E-state index in [0.717, 1.165) is 65.2 Å². The molecule has 0 unspecified atom stereocenters. The Morgan fingerprint density at radius 1 is 1.15 bits per heavy atom. The first-order valence-electron chi connectivity index (χ1n) is 13.6. The van der Waals surface area contributed by atoms with Crippen LogP contribution in [0.2, 0.25) is 0 Å². The molecule has 39 heavy (non-hydrogen) atoms. The third-order valence-electron chi connectivity index (χ3n) is 7.89. The van der Waals surface area contributed by atoms with Gasteiger partial charge in [-0.25, -0.2) is 19.2 Å². The fourth-order valence-electron chi connectivity index (χ4n) is 5.91. The molecule has 0 saturated carbocycles. The number of H-pyrrole nitrogens is 1. The minimum Gasteiger partial charge on any atom is -0.386 e. The molecular weight excluding hydrogens is 603 g/mol. The molecule has 0 bridgehead atoms. The summed E-state index contributed by atoms with van der Waals surface area (Å²) in [6.07, 6.45) is 7.61. The van der Waals surface area contributed by atoms with Crippen molar-refractivity contribution in [2.45, 2.75) is 69.1 Å². The van der Waals surface area contributed by atoms with E-state index in [2.05, 4.69) is 90.8 Å². The molecule has 6 rings (SSSR count). The van der Waals surface area contributed by atoms with E-state index >= 15 is 0 Å². The zero-order valence-electron chi connectivity index (χ0n) is 22.9. The first-order valence-corrected chi connectivity index (χ1v) is 15.1. The molecule has 0 amide bonds.